The average molecular weight is 225 g/mol. The van der Waals surface area contributed by atoms with Crippen molar-refractivity contribution in [3.8, 4) is 0 Å². The molecule has 2 heteroatoms. The minimum atomic E-state index is -0.655. The first-order chi connectivity index (χ1) is 8.25. The van der Waals surface area contributed by atoms with Gasteiger partial charge in [-0.2, -0.15) is 0 Å². The molecule has 1 aromatic carbocycles. The number of hydrogen-bond acceptors (Lipinski definition) is 2. The summed E-state index contributed by atoms with van der Waals surface area (Å²) in [6.07, 6.45) is 3.88. The number of rotatable bonds is 2. The van der Waals surface area contributed by atoms with Gasteiger partial charge in [0.1, 0.15) is 0 Å². The molecule has 0 fully saturated rings. The van der Waals surface area contributed by atoms with Crippen molar-refractivity contribution in [2.45, 2.75) is 24.9 Å². The molecular formula is C15H15NO. The van der Waals surface area contributed by atoms with Crippen LogP contribution in [0, 0.1) is 0 Å². The maximum Gasteiger partial charge on any atom is 0.0783 e. The molecule has 0 atom stereocenters. The van der Waals surface area contributed by atoms with Gasteiger partial charge in [0.15, 0.2) is 0 Å². The molecule has 0 saturated carbocycles. The van der Waals surface area contributed by atoms with E-state index in [1.165, 1.54) is 11.1 Å². The molecule has 2 aromatic rings. The molecule has 1 aromatic heterocycles. The largest absolute Gasteiger partial charge is 0.389 e. The van der Waals surface area contributed by atoms with Crippen molar-refractivity contribution in [3.63, 3.8) is 0 Å². The van der Waals surface area contributed by atoms with Gasteiger partial charge in [0.05, 0.1) is 5.60 Å². The van der Waals surface area contributed by atoms with Gasteiger partial charge in [-0.05, 0) is 23.3 Å². The van der Waals surface area contributed by atoms with Crippen molar-refractivity contribution in [1.29, 1.82) is 0 Å². The van der Waals surface area contributed by atoms with Crippen LogP contribution >= 0.6 is 0 Å². The number of aliphatic hydroxyl groups is 1. The van der Waals surface area contributed by atoms with Gasteiger partial charge in [-0.1, -0.05) is 30.3 Å². The van der Waals surface area contributed by atoms with Gasteiger partial charge in [-0.15, -0.1) is 0 Å². The van der Waals surface area contributed by atoms with E-state index >= 15 is 0 Å². The fourth-order valence-electron chi connectivity index (χ4n) is 2.64. The van der Waals surface area contributed by atoms with E-state index in [-0.39, 0.29) is 0 Å². The van der Waals surface area contributed by atoms with Crippen LogP contribution in [0.15, 0.2) is 48.7 Å². The van der Waals surface area contributed by atoms with Crippen LogP contribution in [-0.4, -0.2) is 15.7 Å². The molecule has 2 nitrogen and oxygen atoms in total. The Morgan fingerprint density at radius 2 is 1.65 bits per heavy atom. The number of pyridine rings is 1. The molecule has 1 heterocycles. The Balaban J connectivity index is 1.82. The Morgan fingerprint density at radius 3 is 2.24 bits per heavy atom. The minimum Gasteiger partial charge on any atom is -0.389 e. The topological polar surface area (TPSA) is 33.1 Å². The summed E-state index contributed by atoms with van der Waals surface area (Å²) in [5.41, 5.74) is 2.84. The van der Waals surface area contributed by atoms with E-state index in [1.807, 2.05) is 30.3 Å². The molecule has 0 spiro atoms. The van der Waals surface area contributed by atoms with Crippen LogP contribution in [0.1, 0.15) is 16.8 Å². The second-order valence-electron chi connectivity index (χ2n) is 4.84. The first kappa shape index (κ1) is 10.5. The highest BCUT2D eigenvalue weighted by molar-refractivity contribution is 5.35. The summed E-state index contributed by atoms with van der Waals surface area (Å²) in [4.78, 5) is 4.29. The molecule has 3 rings (SSSR count). The molecule has 1 N–H and O–H groups in total. The molecule has 0 amide bonds. The lowest BCUT2D eigenvalue weighted by atomic mass is 9.94. The SMILES string of the molecule is OC1(Cc2ccccn2)Cc2ccccc2C1. The lowest BCUT2D eigenvalue weighted by molar-refractivity contribution is 0.0508. The highest BCUT2D eigenvalue weighted by Gasteiger charge is 2.35. The second kappa shape index (κ2) is 3.97. The molecule has 0 radical (unpaired) electrons. The molecule has 0 unspecified atom stereocenters. The monoisotopic (exact) mass is 225 g/mol. The van der Waals surface area contributed by atoms with Gasteiger partial charge in [-0.25, -0.2) is 0 Å². The lowest BCUT2D eigenvalue weighted by Gasteiger charge is -2.21. The molecule has 1 aliphatic rings. The van der Waals surface area contributed by atoms with E-state index in [2.05, 4.69) is 17.1 Å². The number of fused-ring (bicyclic) bond motifs is 1. The molecule has 0 aliphatic heterocycles. The van der Waals surface area contributed by atoms with E-state index < -0.39 is 5.60 Å². The zero-order valence-corrected chi connectivity index (χ0v) is 9.63. The van der Waals surface area contributed by atoms with Crippen molar-refractivity contribution in [2.24, 2.45) is 0 Å². The van der Waals surface area contributed by atoms with Crippen molar-refractivity contribution >= 4 is 0 Å². The second-order valence-corrected chi connectivity index (χ2v) is 4.84. The number of hydrogen-bond donors (Lipinski definition) is 1. The standard InChI is InChI=1S/C15H15NO/c17-15(11-14-7-3-4-8-16-14)9-12-5-1-2-6-13(12)10-15/h1-8,17H,9-11H2. The molecule has 86 valence electrons. The quantitative estimate of drug-likeness (QED) is 0.849. The highest BCUT2D eigenvalue weighted by atomic mass is 16.3. The van der Waals surface area contributed by atoms with Crippen LogP contribution in [0.5, 0.6) is 0 Å². The first-order valence-electron chi connectivity index (χ1n) is 5.94. The average Bonchev–Trinajstić information content (AvgIpc) is 2.66. The molecule has 1 aliphatic carbocycles. The Kier molecular flexibility index (Phi) is 2.45. The fraction of sp³-hybridized carbons (Fsp3) is 0.267. The summed E-state index contributed by atoms with van der Waals surface area (Å²) in [5, 5.41) is 10.6. The smallest absolute Gasteiger partial charge is 0.0783 e. The van der Waals surface area contributed by atoms with Gasteiger partial charge < -0.3 is 5.11 Å². The Hall–Kier alpha value is -1.67. The summed E-state index contributed by atoms with van der Waals surface area (Å²) < 4.78 is 0. The van der Waals surface area contributed by atoms with Crippen LogP contribution < -0.4 is 0 Å². The molecule has 17 heavy (non-hydrogen) atoms. The Bertz CT molecular complexity index is 496. The third kappa shape index (κ3) is 2.08. The molecule has 0 saturated heterocycles. The van der Waals surface area contributed by atoms with Crippen LogP contribution in [0.2, 0.25) is 0 Å². The zero-order chi connectivity index (χ0) is 11.7. The Labute approximate surface area is 101 Å². The van der Waals surface area contributed by atoms with Gasteiger partial charge >= 0.3 is 0 Å². The highest BCUT2D eigenvalue weighted by Crippen LogP contribution is 2.32. The summed E-state index contributed by atoms with van der Waals surface area (Å²) in [6, 6.07) is 14.1. The predicted molar refractivity (Wildman–Crippen MR) is 66.7 cm³/mol. The van der Waals surface area contributed by atoms with Crippen molar-refractivity contribution < 1.29 is 5.11 Å². The van der Waals surface area contributed by atoms with Crippen LogP contribution in [0.25, 0.3) is 0 Å². The lowest BCUT2D eigenvalue weighted by Crippen LogP contribution is -2.32. The van der Waals surface area contributed by atoms with Crippen molar-refractivity contribution in [2.75, 3.05) is 0 Å². The number of aromatic nitrogens is 1. The summed E-state index contributed by atoms with van der Waals surface area (Å²) in [7, 11) is 0. The number of nitrogens with zero attached hydrogens (tertiary/aromatic N) is 1. The zero-order valence-electron chi connectivity index (χ0n) is 9.63. The van der Waals surface area contributed by atoms with Crippen LogP contribution in [-0.2, 0) is 19.3 Å². The van der Waals surface area contributed by atoms with Gasteiger partial charge in [0, 0.05) is 31.2 Å². The predicted octanol–water partition coefficient (Wildman–Crippen LogP) is 2.15. The summed E-state index contributed by atoms with van der Waals surface area (Å²) in [6.45, 7) is 0. The fourth-order valence-corrected chi connectivity index (χ4v) is 2.64. The van der Waals surface area contributed by atoms with Gasteiger partial charge in [0.25, 0.3) is 0 Å². The van der Waals surface area contributed by atoms with Crippen molar-refractivity contribution in [3.05, 3.63) is 65.5 Å². The summed E-state index contributed by atoms with van der Waals surface area (Å²) >= 11 is 0. The maximum absolute atomic E-state index is 10.6. The third-order valence-corrected chi connectivity index (χ3v) is 3.39. The Morgan fingerprint density at radius 1 is 1.00 bits per heavy atom. The van der Waals surface area contributed by atoms with E-state index in [0.29, 0.717) is 6.42 Å². The third-order valence-electron chi connectivity index (χ3n) is 3.39. The normalized spacial score (nSPS) is 16.8. The first-order valence-corrected chi connectivity index (χ1v) is 5.94. The number of benzene rings is 1. The van der Waals surface area contributed by atoms with E-state index in [4.69, 9.17) is 0 Å². The van der Waals surface area contributed by atoms with E-state index in [0.717, 1.165) is 18.5 Å². The van der Waals surface area contributed by atoms with Crippen molar-refractivity contribution in [1.82, 2.24) is 4.98 Å². The van der Waals surface area contributed by atoms with E-state index in [1.54, 1.807) is 6.20 Å². The minimum absolute atomic E-state index is 0.628. The summed E-state index contributed by atoms with van der Waals surface area (Å²) in [5.74, 6) is 0. The maximum atomic E-state index is 10.6. The van der Waals surface area contributed by atoms with Gasteiger partial charge in [-0.3, -0.25) is 4.98 Å². The molecule has 0 bridgehead atoms. The molecular weight excluding hydrogens is 210 g/mol. The van der Waals surface area contributed by atoms with E-state index in [9.17, 15) is 5.11 Å². The van der Waals surface area contributed by atoms with Crippen LogP contribution in [0.4, 0.5) is 0 Å². The van der Waals surface area contributed by atoms with Gasteiger partial charge in [0.2, 0.25) is 0 Å². The van der Waals surface area contributed by atoms with Crippen LogP contribution in [0.3, 0.4) is 0 Å².